The average molecular weight is 574 g/mol. The Kier molecular flexibility index (Phi) is 13.1. The minimum Gasteiger partial charge on any atom is -0.432 e. The van der Waals surface area contributed by atoms with Gasteiger partial charge in [0.1, 0.15) is 12.7 Å². The van der Waals surface area contributed by atoms with E-state index in [9.17, 15) is 28.8 Å². The molecule has 0 aliphatic heterocycles. The highest BCUT2D eigenvalue weighted by atomic mass is 31.2. The van der Waals surface area contributed by atoms with Crippen molar-refractivity contribution < 1.29 is 60.9 Å². The second kappa shape index (κ2) is 14.9. The summed E-state index contributed by atoms with van der Waals surface area (Å²) in [7, 11) is -4.04. The molecule has 3 atom stereocenters. The van der Waals surface area contributed by atoms with Crippen molar-refractivity contribution >= 4 is 20.1 Å². The number of methoxy groups -OCH3 is 1. The van der Waals surface area contributed by atoms with Crippen molar-refractivity contribution in [3.05, 3.63) is 33.1 Å². The Hall–Kier alpha value is -2.82. The van der Waals surface area contributed by atoms with Crippen LogP contribution in [0.4, 0.5) is 14.0 Å². The van der Waals surface area contributed by atoms with E-state index >= 15 is 4.39 Å². The summed E-state index contributed by atoms with van der Waals surface area (Å²) < 4.78 is 67.1. The van der Waals surface area contributed by atoms with Gasteiger partial charge in [-0.25, -0.2) is 32.4 Å². The number of hydrogen-bond acceptors (Lipinski definition) is 14. The maximum atomic E-state index is 15.6. The Labute approximate surface area is 216 Å². The Bertz CT molecular complexity index is 1040. The summed E-state index contributed by atoms with van der Waals surface area (Å²) in [6, 6.07) is -0.365. The summed E-state index contributed by atoms with van der Waals surface area (Å²) in [4.78, 5) is 48.3. The molecule has 16 nitrogen and oxygen atoms in total. The van der Waals surface area contributed by atoms with Gasteiger partial charge in [-0.2, -0.15) is 0 Å². The molecule has 0 fully saturated rings. The molecule has 0 amide bonds. The molecule has 0 bridgehead atoms. The lowest BCUT2D eigenvalue weighted by Gasteiger charge is -2.33. The lowest BCUT2D eigenvalue weighted by Crippen LogP contribution is -2.49. The molecule has 0 aromatic carbocycles. The number of aliphatic hydroxyl groups is 1. The molecule has 0 saturated carbocycles. The molecular formula is C20H32FN2O14P. The minimum absolute atomic E-state index is 0.547. The molecule has 18 heteroatoms. The van der Waals surface area contributed by atoms with Gasteiger partial charge in [0.05, 0.1) is 18.2 Å². The predicted octanol–water partition coefficient (Wildman–Crippen LogP) is 1.97. The monoisotopic (exact) mass is 574 g/mol. The SMILES string of the molecule is CO[C@](F)(COP(=O)(OCOC(=O)OC(C)C)OCOC(=O)OC(C)C)[C@@H](O)[C@H](C)n1ccc(=O)[nH]c1=O. The minimum atomic E-state index is -4.88. The number of aromatic nitrogens is 2. The van der Waals surface area contributed by atoms with Crippen molar-refractivity contribution in [2.24, 2.45) is 0 Å². The Morgan fingerprint density at radius 3 is 1.95 bits per heavy atom. The van der Waals surface area contributed by atoms with E-state index in [1.54, 1.807) is 0 Å². The third kappa shape index (κ3) is 10.9. The van der Waals surface area contributed by atoms with Gasteiger partial charge in [0.2, 0.25) is 13.6 Å². The molecule has 0 radical (unpaired) electrons. The summed E-state index contributed by atoms with van der Waals surface area (Å²) in [6.07, 6.45) is -4.61. The van der Waals surface area contributed by atoms with Crippen molar-refractivity contribution in [2.75, 3.05) is 27.3 Å². The molecule has 0 unspecified atom stereocenters. The van der Waals surface area contributed by atoms with Crippen molar-refractivity contribution in [1.82, 2.24) is 9.55 Å². The molecule has 2 N–H and O–H groups in total. The van der Waals surface area contributed by atoms with Crippen LogP contribution in [0.3, 0.4) is 0 Å². The summed E-state index contributed by atoms with van der Waals surface area (Å²) in [6.45, 7) is 3.92. The van der Waals surface area contributed by atoms with E-state index in [1.807, 2.05) is 4.98 Å². The number of phosphoric ester groups is 1. The number of hydrogen-bond donors (Lipinski definition) is 2. The van der Waals surface area contributed by atoms with E-state index in [1.165, 1.54) is 34.6 Å². The van der Waals surface area contributed by atoms with E-state index in [-0.39, 0.29) is 0 Å². The lowest BCUT2D eigenvalue weighted by atomic mass is 10.1. The highest BCUT2D eigenvalue weighted by molar-refractivity contribution is 7.48. The molecule has 1 heterocycles. The first-order valence-electron chi connectivity index (χ1n) is 11.1. The van der Waals surface area contributed by atoms with E-state index in [0.717, 1.165) is 23.9 Å². The molecule has 0 saturated heterocycles. The summed E-state index contributed by atoms with van der Waals surface area (Å²) in [5, 5.41) is 10.6. The number of alkyl halides is 1. The van der Waals surface area contributed by atoms with E-state index in [0.29, 0.717) is 0 Å². The van der Waals surface area contributed by atoms with Gasteiger partial charge in [-0.3, -0.25) is 18.9 Å². The zero-order valence-electron chi connectivity index (χ0n) is 21.6. The lowest BCUT2D eigenvalue weighted by molar-refractivity contribution is -0.220. The van der Waals surface area contributed by atoms with Gasteiger partial charge < -0.3 is 28.8 Å². The Balaban J connectivity index is 2.99. The predicted molar refractivity (Wildman–Crippen MR) is 124 cm³/mol. The number of H-pyrrole nitrogens is 1. The fraction of sp³-hybridized carbons (Fsp3) is 0.700. The third-order valence-electron chi connectivity index (χ3n) is 4.39. The van der Waals surface area contributed by atoms with Crippen LogP contribution in [0.15, 0.2) is 21.9 Å². The zero-order valence-corrected chi connectivity index (χ0v) is 22.5. The number of phosphoric acid groups is 1. The Morgan fingerprint density at radius 1 is 1.03 bits per heavy atom. The molecule has 38 heavy (non-hydrogen) atoms. The van der Waals surface area contributed by atoms with Gasteiger partial charge in [-0.05, 0) is 34.6 Å². The van der Waals surface area contributed by atoms with Crippen molar-refractivity contribution in [1.29, 1.82) is 0 Å². The standard InChI is InChI=1S/C20H32FN2O14P/c1-12(2)36-18(27)31-10-34-38(29,35-11-32-19(28)37-13(3)4)33-9-20(21,30-6)16(25)14(5)23-8-7-15(24)22-17(23)26/h7-8,12-14,16,25H,9-11H2,1-6H3,(H,22,24,26)/t14-,16-,20+/m0/s1. The number of aromatic amines is 1. The third-order valence-corrected chi connectivity index (χ3v) is 5.68. The highest BCUT2D eigenvalue weighted by Gasteiger charge is 2.46. The molecule has 1 rings (SSSR count). The highest BCUT2D eigenvalue weighted by Crippen LogP contribution is 2.50. The van der Waals surface area contributed by atoms with Gasteiger partial charge in [0.15, 0.2) is 0 Å². The second-order valence-electron chi connectivity index (χ2n) is 8.03. The van der Waals surface area contributed by atoms with Crippen LogP contribution in [0, 0.1) is 0 Å². The van der Waals surface area contributed by atoms with Gasteiger partial charge in [-0.15, -0.1) is 0 Å². The first-order chi connectivity index (χ1) is 17.6. The number of halogens is 1. The molecular weight excluding hydrogens is 542 g/mol. The van der Waals surface area contributed by atoms with Gasteiger partial charge >= 0.3 is 25.8 Å². The van der Waals surface area contributed by atoms with Gasteiger partial charge in [0, 0.05) is 19.4 Å². The molecule has 1 aromatic heterocycles. The fourth-order valence-corrected chi connectivity index (χ4v) is 3.46. The number of ether oxygens (including phenoxy) is 5. The first kappa shape index (κ1) is 33.2. The largest absolute Gasteiger partial charge is 0.510 e. The van der Waals surface area contributed by atoms with Gasteiger partial charge in [-0.1, -0.05) is 0 Å². The van der Waals surface area contributed by atoms with Crippen LogP contribution in [0.5, 0.6) is 0 Å². The van der Waals surface area contributed by atoms with E-state index in [4.69, 9.17) is 27.8 Å². The van der Waals surface area contributed by atoms with Crippen LogP contribution >= 0.6 is 7.82 Å². The van der Waals surface area contributed by atoms with Crippen LogP contribution in [0.1, 0.15) is 40.7 Å². The van der Waals surface area contributed by atoms with Crippen LogP contribution in [0.25, 0.3) is 0 Å². The Morgan fingerprint density at radius 2 is 1.53 bits per heavy atom. The number of nitrogens with one attached hydrogen (secondary N) is 1. The van der Waals surface area contributed by atoms with Crippen LogP contribution < -0.4 is 11.2 Å². The molecule has 0 aliphatic carbocycles. The van der Waals surface area contributed by atoms with Crippen molar-refractivity contribution in [3.8, 4) is 0 Å². The average Bonchev–Trinajstić information content (AvgIpc) is 2.80. The fourth-order valence-electron chi connectivity index (χ4n) is 2.54. The number of carbonyl (C=O) groups excluding carboxylic acids is 2. The zero-order chi connectivity index (χ0) is 29.1. The quantitative estimate of drug-likeness (QED) is 0.175. The normalized spacial score (nSPS) is 15.0. The number of carbonyl (C=O) groups is 2. The maximum absolute atomic E-state index is 15.6. The number of nitrogens with zero attached hydrogens (tertiary/aromatic N) is 1. The summed E-state index contributed by atoms with van der Waals surface area (Å²) in [5.74, 6) is -3.13. The first-order valence-corrected chi connectivity index (χ1v) is 12.5. The summed E-state index contributed by atoms with van der Waals surface area (Å²) >= 11 is 0. The molecule has 1 aromatic rings. The van der Waals surface area contributed by atoms with Crippen molar-refractivity contribution in [2.45, 2.75) is 64.8 Å². The topological polar surface area (TPSA) is 200 Å². The van der Waals surface area contributed by atoms with Gasteiger partial charge in [0.25, 0.3) is 11.4 Å². The van der Waals surface area contributed by atoms with Crippen LogP contribution in [-0.2, 0) is 41.8 Å². The summed E-state index contributed by atoms with van der Waals surface area (Å²) in [5.41, 5.74) is -1.67. The number of rotatable bonds is 15. The molecule has 0 aliphatic rings. The van der Waals surface area contributed by atoms with Crippen LogP contribution in [0.2, 0.25) is 0 Å². The molecule has 218 valence electrons. The smallest absolute Gasteiger partial charge is 0.432 e. The second-order valence-corrected chi connectivity index (χ2v) is 9.70. The van der Waals surface area contributed by atoms with E-state index in [2.05, 4.69) is 9.47 Å². The van der Waals surface area contributed by atoms with E-state index < -0.39 is 81.8 Å². The molecule has 0 spiro atoms. The number of aliphatic hydroxyl groups excluding tert-OH is 1. The van der Waals surface area contributed by atoms with Crippen LogP contribution in [-0.4, -0.2) is 78.4 Å². The maximum Gasteiger partial charge on any atom is 0.510 e. The van der Waals surface area contributed by atoms with Crippen molar-refractivity contribution in [3.63, 3.8) is 0 Å².